The molecule has 1 saturated carbocycles. The molecule has 1 unspecified atom stereocenters. The summed E-state index contributed by atoms with van der Waals surface area (Å²) in [5, 5.41) is 6.99. The van der Waals surface area contributed by atoms with Gasteiger partial charge in [-0.25, -0.2) is 0 Å². The van der Waals surface area contributed by atoms with Crippen LogP contribution in [0, 0.1) is 0 Å². The van der Waals surface area contributed by atoms with E-state index in [2.05, 4.69) is 64.8 Å². The third-order valence-corrected chi connectivity index (χ3v) is 4.80. The molecule has 1 aliphatic carbocycles. The van der Waals surface area contributed by atoms with Gasteiger partial charge in [-0.1, -0.05) is 43.2 Å². The maximum Gasteiger partial charge on any atom is 0.191 e. The lowest BCUT2D eigenvalue weighted by Crippen LogP contribution is -2.43. The van der Waals surface area contributed by atoms with Crippen LogP contribution in [0.1, 0.15) is 44.6 Å². The summed E-state index contributed by atoms with van der Waals surface area (Å²) in [5.74, 6) is 0.954. The first-order chi connectivity index (χ1) is 11.2. The van der Waals surface area contributed by atoms with Gasteiger partial charge < -0.3 is 10.6 Å². The molecule has 2 rings (SSSR count). The Kier molecular flexibility index (Phi) is 10.3. The van der Waals surface area contributed by atoms with Gasteiger partial charge in [0.05, 0.1) is 0 Å². The molecule has 5 heteroatoms. The van der Waals surface area contributed by atoms with E-state index in [9.17, 15) is 0 Å². The van der Waals surface area contributed by atoms with Crippen molar-refractivity contribution in [3.05, 3.63) is 35.9 Å². The molecular formula is C19H33IN4. The fourth-order valence-corrected chi connectivity index (χ4v) is 3.11. The van der Waals surface area contributed by atoms with E-state index in [1.54, 1.807) is 0 Å². The topological polar surface area (TPSA) is 39.7 Å². The highest BCUT2D eigenvalue weighted by Crippen LogP contribution is 2.17. The van der Waals surface area contributed by atoms with Crippen molar-refractivity contribution in [2.75, 3.05) is 20.6 Å². The number of halogens is 1. The lowest BCUT2D eigenvalue weighted by Gasteiger charge is -2.25. The van der Waals surface area contributed by atoms with Crippen LogP contribution in [0.15, 0.2) is 35.3 Å². The van der Waals surface area contributed by atoms with Gasteiger partial charge in [-0.15, -0.1) is 24.0 Å². The third-order valence-electron chi connectivity index (χ3n) is 4.80. The van der Waals surface area contributed by atoms with Crippen LogP contribution in [0.2, 0.25) is 0 Å². The van der Waals surface area contributed by atoms with Crippen LogP contribution in [-0.4, -0.2) is 43.6 Å². The highest BCUT2D eigenvalue weighted by Gasteiger charge is 2.16. The molecule has 1 aromatic carbocycles. The Morgan fingerprint density at radius 3 is 2.54 bits per heavy atom. The summed E-state index contributed by atoms with van der Waals surface area (Å²) < 4.78 is 0. The maximum absolute atomic E-state index is 4.34. The second kappa shape index (κ2) is 11.7. The minimum atomic E-state index is 0. The van der Waals surface area contributed by atoms with Gasteiger partial charge in [0.25, 0.3) is 0 Å². The minimum Gasteiger partial charge on any atom is -0.356 e. The van der Waals surface area contributed by atoms with E-state index in [4.69, 9.17) is 0 Å². The van der Waals surface area contributed by atoms with Crippen LogP contribution in [0.4, 0.5) is 0 Å². The van der Waals surface area contributed by atoms with Crippen molar-refractivity contribution in [2.45, 2.75) is 57.7 Å². The first-order valence-electron chi connectivity index (χ1n) is 8.90. The second-order valence-electron chi connectivity index (χ2n) is 6.66. The third kappa shape index (κ3) is 7.38. The van der Waals surface area contributed by atoms with Gasteiger partial charge in [0.1, 0.15) is 0 Å². The van der Waals surface area contributed by atoms with Crippen LogP contribution in [-0.2, 0) is 6.54 Å². The maximum atomic E-state index is 4.34. The summed E-state index contributed by atoms with van der Waals surface area (Å²) in [4.78, 5) is 6.75. The number of aliphatic imine (C=N–C) groups is 1. The zero-order chi connectivity index (χ0) is 16.5. The van der Waals surface area contributed by atoms with Gasteiger partial charge in [-0.3, -0.25) is 9.89 Å². The van der Waals surface area contributed by atoms with E-state index in [0.717, 1.165) is 25.5 Å². The minimum absolute atomic E-state index is 0. The average Bonchev–Trinajstić information content (AvgIpc) is 3.07. The van der Waals surface area contributed by atoms with Crippen LogP contribution in [0.25, 0.3) is 0 Å². The van der Waals surface area contributed by atoms with Crippen LogP contribution in [0.3, 0.4) is 0 Å². The summed E-state index contributed by atoms with van der Waals surface area (Å²) in [6.45, 7) is 4.24. The summed E-state index contributed by atoms with van der Waals surface area (Å²) in [7, 11) is 4.05. The molecule has 1 atom stereocenters. The van der Waals surface area contributed by atoms with Crippen molar-refractivity contribution in [3.8, 4) is 0 Å². The Morgan fingerprint density at radius 1 is 1.25 bits per heavy atom. The monoisotopic (exact) mass is 444 g/mol. The summed E-state index contributed by atoms with van der Waals surface area (Å²) in [5.41, 5.74) is 1.37. The summed E-state index contributed by atoms with van der Waals surface area (Å²) in [6, 6.07) is 11.8. The van der Waals surface area contributed by atoms with Gasteiger partial charge in [-0.05, 0) is 38.8 Å². The van der Waals surface area contributed by atoms with Gasteiger partial charge in [0, 0.05) is 32.2 Å². The number of nitrogens with one attached hydrogen (secondary N) is 2. The molecular weight excluding hydrogens is 411 g/mol. The van der Waals surface area contributed by atoms with Crippen molar-refractivity contribution in [1.29, 1.82) is 0 Å². The van der Waals surface area contributed by atoms with E-state index >= 15 is 0 Å². The van der Waals surface area contributed by atoms with Gasteiger partial charge in [-0.2, -0.15) is 0 Å². The number of rotatable bonds is 7. The normalized spacial score (nSPS) is 16.8. The molecule has 1 aromatic rings. The predicted octanol–water partition coefficient (Wildman–Crippen LogP) is 3.62. The molecule has 136 valence electrons. The number of guanidine groups is 1. The standard InChI is InChI=1S/C19H32N4.HI/c1-16(23(3)15-17-9-5-4-6-10-17)13-14-21-19(20-2)22-18-11-7-8-12-18;/h4-6,9-10,16,18H,7-8,11-15H2,1-3H3,(H2,20,21,22);1H. The number of benzene rings is 1. The predicted molar refractivity (Wildman–Crippen MR) is 114 cm³/mol. The van der Waals surface area contributed by atoms with E-state index in [1.807, 2.05) is 7.05 Å². The molecule has 2 N–H and O–H groups in total. The Bertz CT molecular complexity index is 472. The molecule has 1 aliphatic rings. The van der Waals surface area contributed by atoms with E-state index in [1.165, 1.54) is 31.2 Å². The quantitative estimate of drug-likeness (QED) is 0.384. The van der Waals surface area contributed by atoms with Crippen molar-refractivity contribution < 1.29 is 0 Å². The molecule has 0 amide bonds. The van der Waals surface area contributed by atoms with Gasteiger partial charge in [0.2, 0.25) is 0 Å². The SMILES string of the molecule is CN=C(NCCC(C)N(C)Cc1ccccc1)NC1CCCC1.I. The molecule has 0 heterocycles. The largest absolute Gasteiger partial charge is 0.356 e. The smallest absolute Gasteiger partial charge is 0.191 e. The Balaban J connectivity index is 0.00000288. The van der Waals surface area contributed by atoms with Crippen LogP contribution >= 0.6 is 24.0 Å². The molecule has 0 saturated heterocycles. The van der Waals surface area contributed by atoms with Gasteiger partial charge in [0.15, 0.2) is 5.96 Å². The van der Waals surface area contributed by atoms with Gasteiger partial charge >= 0.3 is 0 Å². The summed E-state index contributed by atoms with van der Waals surface area (Å²) in [6.07, 6.45) is 6.34. The molecule has 4 nitrogen and oxygen atoms in total. The highest BCUT2D eigenvalue weighted by molar-refractivity contribution is 14.0. The second-order valence-corrected chi connectivity index (χ2v) is 6.66. The lowest BCUT2D eigenvalue weighted by atomic mass is 10.1. The zero-order valence-corrected chi connectivity index (χ0v) is 17.6. The summed E-state index contributed by atoms with van der Waals surface area (Å²) >= 11 is 0. The van der Waals surface area contributed by atoms with Crippen molar-refractivity contribution in [1.82, 2.24) is 15.5 Å². The molecule has 0 bridgehead atoms. The van der Waals surface area contributed by atoms with E-state index < -0.39 is 0 Å². The van der Waals surface area contributed by atoms with E-state index in [0.29, 0.717) is 12.1 Å². The Morgan fingerprint density at radius 2 is 1.92 bits per heavy atom. The molecule has 1 fully saturated rings. The fraction of sp³-hybridized carbons (Fsp3) is 0.632. The molecule has 0 spiro atoms. The molecule has 0 aliphatic heterocycles. The molecule has 24 heavy (non-hydrogen) atoms. The highest BCUT2D eigenvalue weighted by atomic mass is 127. The molecule has 0 aromatic heterocycles. The lowest BCUT2D eigenvalue weighted by molar-refractivity contribution is 0.238. The number of hydrogen-bond acceptors (Lipinski definition) is 2. The van der Waals surface area contributed by atoms with Crippen molar-refractivity contribution >= 4 is 29.9 Å². The first kappa shape index (κ1) is 21.2. The average molecular weight is 444 g/mol. The Labute approximate surface area is 164 Å². The molecule has 0 radical (unpaired) electrons. The van der Waals surface area contributed by atoms with Crippen LogP contribution in [0.5, 0.6) is 0 Å². The fourth-order valence-electron chi connectivity index (χ4n) is 3.11. The first-order valence-corrected chi connectivity index (χ1v) is 8.90. The van der Waals surface area contributed by atoms with Crippen LogP contribution < -0.4 is 10.6 Å². The number of hydrogen-bond donors (Lipinski definition) is 2. The number of nitrogens with zero attached hydrogens (tertiary/aromatic N) is 2. The Hall–Kier alpha value is -0.820. The van der Waals surface area contributed by atoms with Crippen molar-refractivity contribution in [3.63, 3.8) is 0 Å². The van der Waals surface area contributed by atoms with E-state index in [-0.39, 0.29) is 24.0 Å². The zero-order valence-electron chi connectivity index (χ0n) is 15.3. The van der Waals surface area contributed by atoms with Crippen molar-refractivity contribution in [2.24, 2.45) is 4.99 Å².